The maximum Gasteiger partial charge on any atom is 0.250 e. The van der Waals surface area contributed by atoms with Crippen molar-refractivity contribution in [2.45, 2.75) is 96.7 Å². The number of hydrogen-bond acceptors (Lipinski definition) is 5. The number of nitrogens with one attached hydrogen (secondary N) is 1. The Bertz CT molecular complexity index is 1070. The van der Waals surface area contributed by atoms with Gasteiger partial charge in [0.2, 0.25) is 14.2 Å². The fourth-order valence-corrected chi connectivity index (χ4v) is 5.06. The highest BCUT2D eigenvalue weighted by Crippen LogP contribution is 2.38. The molecule has 3 N–H and O–H groups in total. The van der Waals surface area contributed by atoms with E-state index in [1.165, 1.54) is 0 Å². The Morgan fingerprint density at radius 1 is 1.05 bits per heavy atom. The van der Waals surface area contributed by atoms with E-state index in [2.05, 4.69) is 45.2 Å². The highest BCUT2D eigenvalue weighted by atomic mass is 28.4. The van der Waals surface area contributed by atoms with Crippen LogP contribution in [0.1, 0.15) is 59.4 Å². The number of allylic oxidation sites excluding steroid dienone is 5. The van der Waals surface area contributed by atoms with Crippen LogP contribution in [0, 0.1) is 5.92 Å². The second-order valence-electron chi connectivity index (χ2n) is 12.0. The van der Waals surface area contributed by atoms with Crippen molar-refractivity contribution in [3.8, 4) is 5.75 Å². The van der Waals surface area contributed by atoms with Gasteiger partial charge in [0, 0.05) is 24.8 Å². The van der Waals surface area contributed by atoms with Crippen LogP contribution in [0.25, 0.3) is 0 Å². The summed E-state index contributed by atoms with van der Waals surface area (Å²) in [6, 6.07) is 5.94. The largest absolute Gasteiger partial charge is 0.543 e. The van der Waals surface area contributed by atoms with Gasteiger partial charge in [0.15, 0.2) is 0 Å². The highest BCUT2D eigenvalue weighted by molar-refractivity contribution is 6.74. The van der Waals surface area contributed by atoms with Gasteiger partial charge in [-0.3, -0.25) is 4.79 Å². The molecule has 2 rings (SSSR count). The number of ether oxygens (including phenoxy) is 1. The number of aryl methyl sites for hydroxylation is 1. The molecular formula is C32H49NO5Si. The van der Waals surface area contributed by atoms with Gasteiger partial charge < -0.3 is 24.7 Å². The lowest BCUT2D eigenvalue weighted by Crippen LogP contribution is -2.43. The smallest absolute Gasteiger partial charge is 0.250 e. The zero-order valence-corrected chi connectivity index (χ0v) is 26.0. The van der Waals surface area contributed by atoms with E-state index in [9.17, 15) is 15.0 Å². The first-order valence-electron chi connectivity index (χ1n) is 13.9. The summed E-state index contributed by atoms with van der Waals surface area (Å²) in [6.45, 7) is 14.8. The molecule has 0 aromatic heterocycles. The number of aliphatic hydroxyl groups is 2. The summed E-state index contributed by atoms with van der Waals surface area (Å²) in [7, 11) is -0.501. The summed E-state index contributed by atoms with van der Waals surface area (Å²) < 4.78 is 12.1. The number of fused-ring (bicyclic) bond motifs is 2. The van der Waals surface area contributed by atoms with Crippen LogP contribution in [0.2, 0.25) is 18.1 Å². The van der Waals surface area contributed by atoms with E-state index >= 15 is 0 Å². The third kappa shape index (κ3) is 10.6. The lowest BCUT2D eigenvalue weighted by atomic mass is 9.90. The SMILES string of the molecule is CO[C@H]1/C=C/C=C/C=C/C[C@H](O)[C@H](C)[C@H](O)/C(C)=C\CCc2cc(cc(O[Si](C)(C)C(C)(C)C)c2)NC(=O)C1. The molecule has 1 aromatic carbocycles. The van der Waals surface area contributed by atoms with Gasteiger partial charge in [-0.2, -0.15) is 0 Å². The zero-order valence-electron chi connectivity index (χ0n) is 25.0. The van der Waals surface area contributed by atoms with Crippen LogP contribution in [0.4, 0.5) is 5.69 Å². The van der Waals surface area contributed by atoms with Gasteiger partial charge in [-0.05, 0) is 67.6 Å². The highest BCUT2D eigenvalue weighted by Gasteiger charge is 2.39. The lowest BCUT2D eigenvalue weighted by Gasteiger charge is -2.36. The standard InChI is InChI=1S/C32H49NO5Si/c1-23-15-14-16-25-19-26(21-28(20-25)38-39(7,8)32(3,4)5)33-30(35)22-27(37-6)17-12-10-9-11-13-18-29(34)24(2)31(23)36/h9-13,15,17,19-21,24,27,29,31,34,36H,14,16,18,22H2,1-8H3,(H,33,35)/b10-9+,13-11+,17-12+,23-15-/t24-,27-,29-,31+/m0/s1. The average Bonchev–Trinajstić information content (AvgIpc) is 2.84. The molecule has 2 bridgehead atoms. The summed E-state index contributed by atoms with van der Waals surface area (Å²) in [6.07, 6.45) is 13.5. The molecule has 0 unspecified atom stereocenters. The summed E-state index contributed by atoms with van der Waals surface area (Å²) in [5.41, 5.74) is 2.57. The molecule has 0 aliphatic carbocycles. The maximum atomic E-state index is 12.9. The van der Waals surface area contributed by atoms with E-state index in [0.29, 0.717) is 18.5 Å². The van der Waals surface area contributed by atoms with Gasteiger partial charge in [-0.15, -0.1) is 0 Å². The Kier molecular flexibility index (Phi) is 12.4. The van der Waals surface area contributed by atoms with Crippen LogP contribution < -0.4 is 9.74 Å². The Balaban J connectivity index is 2.41. The molecule has 0 radical (unpaired) electrons. The first kappa shape index (κ1) is 32.8. The number of methoxy groups -OCH3 is 1. The third-order valence-corrected chi connectivity index (χ3v) is 12.1. The minimum Gasteiger partial charge on any atom is -0.543 e. The number of aliphatic hydroxyl groups excluding tert-OH is 2. The van der Waals surface area contributed by atoms with Crippen molar-refractivity contribution in [1.29, 1.82) is 0 Å². The first-order chi connectivity index (χ1) is 18.2. The minimum atomic E-state index is -2.09. The quantitative estimate of drug-likeness (QED) is 0.285. The van der Waals surface area contributed by atoms with E-state index in [1.54, 1.807) is 7.11 Å². The fourth-order valence-electron chi connectivity index (χ4n) is 4.05. The van der Waals surface area contributed by atoms with E-state index < -0.39 is 20.5 Å². The van der Waals surface area contributed by atoms with Crippen molar-refractivity contribution in [1.82, 2.24) is 0 Å². The van der Waals surface area contributed by atoms with Gasteiger partial charge in [0.05, 0.1) is 24.7 Å². The van der Waals surface area contributed by atoms with Crippen LogP contribution in [0.5, 0.6) is 5.75 Å². The second-order valence-corrected chi connectivity index (χ2v) is 16.8. The van der Waals surface area contributed by atoms with Crippen LogP contribution >= 0.6 is 0 Å². The molecule has 4 atom stereocenters. The van der Waals surface area contributed by atoms with E-state index in [1.807, 2.05) is 68.5 Å². The normalized spacial score (nSPS) is 28.3. The van der Waals surface area contributed by atoms with Crippen molar-refractivity contribution in [2.75, 3.05) is 12.4 Å². The first-order valence-corrected chi connectivity index (χ1v) is 16.8. The molecule has 7 heteroatoms. The van der Waals surface area contributed by atoms with Crippen LogP contribution in [-0.2, 0) is 16.0 Å². The number of carbonyl (C=O) groups is 1. The maximum absolute atomic E-state index is 12.9. The molecule has 39 heavy (non-hydrogen) atoms. The molecule has 1 heterocycles. The molecule has 1 aromatic rings. The summed E-state index contributed by atoms with van der Waals surface area (Å²) >= 11 is 0. The number of benzene rings is 1. The topological polar surface area (TPSA) is 88.0 Å². The Hall–Kier alpha value is -2.45. The van der Waals surface area contributed by atoms with Crippen molar-refractivity contribution in [3.63, 3.8) is 0 Å². The average molecular weight is 556 g/mol. The molecule has 0 spiro atoms. The van der Waals surface area contributed by atoms with Gasteiger partial charge in [-0.25, -0.2) is 0 Å². The molecule has 1 aliphatic heterocycles. The van der Waals surface area contributed by atoms with Crippen molar-refractivity contribution < 1.29 is 24.2 Å². The predicted molar refractivity (Wildman–Crippen MR) is 164 cm³/mol. The molecule has 0 saturated carbocycles. The summed E-state index contributed by atoms with van der Waals surface area (Å²) in [4.78, 5) is 12.9. The van der Waals surface area contributed by atoms with Crippen molar-refractivity contribution >= 4 is 19.9 Å². The molecule has 216 valence electrons. The van der Waals surface area contributed by atoms with Gasteiger partial charge in [0.1, 0.15) is 5.75 Å². The van der Waals surface area contributed by atoms with Crippen LogP contribution in [0.15, 0.2) is 66.3 Å². The Morgan fingerprint density at radius 2 is 1.74 bits per heavy atom. The molecule has 0 saturated heterocycles. The van der Waals surface area contributed by atoms with E-state index in [4.69, 9.17) is 9.16 Å². The number of amides is 1. The van der Waals surface area contributed by atoms with Gasteiger partial charge in [0.25, 0.3) is 0 Å². The van der Waals surface area contributed by atoms with Crippen LogP contribution in [-0.4, -0.2) is 49.9 Å². The van der Waals surface area contributed by atoms with Gasteiger partial charge in [-0.1, -0.05) is 70.2 Å². The number of rotatable bonds is 3. The number of carbonyl (C=O) groups excluding carboxylic acids is 1. The van der Waals surface area contributed by atoms with Crippen LogP contribution in [0.3, 0.4) is 0 Å². The molecular weight excluding hydrogens is 506 g/mol. The van der Waals surface area contributed by atoms with Crippen molar-refractivity contribution in [2.24, 2.45) is 5.92 Å². The molecule has 6 nitrogen and oxygen atoms in total. The zero-order chi connectivity index (χ0) is 29.2. The minimum absolute atomic E-state index is 0.0348. The second kappa shape index (κ2) is 14.8. The van der Waals surface area contributed by atoms with Crippen molar-refractivity contribution in [3.05, 3.63) is 71.9 Å². The molecule has 1 amide bonds. The monoisotopic (exact) mass is 555 g/mol. The molecule has 0 fully saturated rings. The Labute approximate surface area is 236 Å². The predicted octanol–water partition coefficient (Wildman–Crippen LogP) is 6.72. The fraction of sp³-hybridized carbons (Fsp3) is 0.531. The summed E-state index contributed by atoms with van der Waals surface area (Å²) in [5.74, 6) is 0.319. The van der Waals surface area contributed by atoms with E-state index in [0.717, 1.165) is 23.3 Å². The van der Waals surface area contributed by atoms with Gasteiger partial charge >= 0.3 is 0 Å². The number of anilines is 1. The summed E-state index contributed by atoms with van der Waals surface area (Å²) in [5, 5.41) is 24.5. The lowest BCUT2D eigenvalue weighted by molar-refractivity contribution is -0.117. The van der Waals surface area contributed by atoms with E-state index in [-0.39, 0.29) is 29.4 Å². The number of hydrogen-bond donors (Lipinski definition) is 3. The molecule has 1 aliphatic rings. The Morgan fingerprint density at radius 3 is 2.41 bits per heavy atom. The third-order valence-electron chi connectivity index (χ3n) is 7.76.